The van der Waals surface area contributed by atoms with Crippen LogP contribution in [0.15, 0.2) is 4.99 Å². The molecule has 0 aliphatic carbocycles. The van der Waals surface area contributed by atoms with E-state index < -0.39 is 0 Å². The molecule has 2 N–H and O–H groups in total. The number of rotatable bonds is 10. The van der Waals surface area contributed by atoms with Crippen LogP contribution < -0.4 is 10.6 Å². The minimum atomic E-state index is -0.0741. The lowest BCUT2D eigenvalue weighted by atomic mass is 10.1. The summed E-state index contributed by atoms with van der Waals surface area (Å²) in [5, 5.41) is 7.49. The summed E-state index contributed by atoms with van der Waals surface area (Å²) in [6.45, 7) is 4.25. The lowest BCUT2D eigenvalue weighted by Crippen LogP contribution is -2.40. The van der Waals surface area contributed by atoms with Crippen molar-refractivity contribution in [1.82, 2.24) is 10.6 Å². The SMILES string of the molecule is CCOC(=O)CCCCCCNC(=NC)NCC1CCCS1. The van der Waals surface area contributed by atoms with Gasteiger partial charge in [0, 0.05) is 31.8 Å². The molecule has 5 nitrogen and oxygen atoms in total. The Hall–Kier alpha value is -0.910. The van der Waals surface area contributed by atoms with Crippen molar-refractivity contribution in [2.75, 3.05) is 32.5 Å². The molecule has 0 amide bonds. The molecule has 1 fully saturated rings. The Bertz CT molecular complexity index is 331. The summed E-state index contributed by atoms with van der Waals surface area (Å²) in [7, 11) is 1.82. The van der Waals surface area contributed by atoms with Gasteiger partial charge in [-0.05, 0) is 38.4 Å². The van der Waals surface area contributed by atoms with Crippen molar-refractivity contribution in [3.63, 3.8) is 0 Å². The van der Waals surface area contributed by atoms with Gasteiger partial charge in [-0.25, -0.2) is 0 Å². The van der Waals surface area contributed by atoms with E-state index in [9.17, 15) is 4.79 Å². The molecule has 0 aromatic rings. The maximum atomic E-state index is 11.2. The van der Waals surface area contributed by atoms with Crippen molar-refractivity contribution in [3.05, 3.63) is 0 Å². The van der Waals surface area contributed by atoms with Crippen LogP contribution in [0.4, 0.5) is 0 Å². The highest BCUT2D eigenvalue weighted by atomic mass is 32.2. The van der Waals surface area contributed by atoms with E-state index in [2.05, 4.69) is 27.4 Å². The number of guanidine groups is 1. The van der Waals surface area contributed by atoms with Gasteiger partial charge in [-0.15, -0.1) is 0 Å². The molecule has 0 radical (unpaired) electrons. The highest BCUT2D eigenvalue weighted by Crippen LogP contribution is 2.25. The van der Waals surface area contributed by atoms with Crippen molar-refractivity contribution >= 4 is 23.7 Å². The molecular weight excluding hydrogens is 298 g/mol. The van der Waals surface area contributed by atoms with Crippen molar-refractivity contribution in [2.45, 2.75) is 57.1 Å². The van der Waals surface area contributed by atoms with Gasteiger partial charge in [0.2, 0.25) is 0 Å². The Kier molecular flexibility index (Phi) is 11.0. The number of unbranched alkanes of at least 4 members (excludes halogenated alkanes) is 3. The first-order valence-corrected chi connectivity index (χ1v) is 9.53. The molecule has 0 saturated carbocycles. The van der Waals surface area contributed by atoms with Crippen LogP contribution in [0, 0.1) is 0 Å². The fraction of sp³-hybridized carbons (Fsp3) is 0.875. The van der Waals surface area contributed by atoms with Gasteiger partial charge in [-0.1, -0.05) is 12.8 Å². The van der Waals surface area contributed by atoms with E-state index in [-0.39, 0.29) is 5.97 Å². The standard InChI is InChI=1S/C16H31N3O2S/c1-3-21-15(20)10-6-4-5-7-11-18-16(17-2)19-13-14-9-8-12-22-14/h14H,3-13H2,1-2H3,(H2,17,18,19). The Morgan fingerprint density at radius 3 is 2.77 bits per heavy atom. The maximum absolute atomic E-state index is 11.2. The minimum absolute atomic E-state index is 0.0741. The second-order valence-corrected chi connectivity index (χ2v) is 6.89. The number of carbonyl (C=O) groups is 1. The quantitative estimate of drug-likeness (QED) is 0.279. The summed E-state index contributed by atoms with van der Waals surface area (Å²) in [5.74, 6) is 2.12. The number of carbonyl (C=O) groups excluding carboxylic acids is 1. The van der Waals surface area contributed by atoms with Crippen molar-refractivity contribution in [1.29, 1.82) is 0 Å². The minimum Gasteiger partial charge on any atom is -0.466 e. The fourth-order valence-corrected chi connectivity index (χ4v) is 3.63. The lowest BCUT2D eigenvalue weighted by Gasteiger charge is -2.14. The summed E-state index contributed by atoms with van der Waals surface area (Å²) in [5.41, 5.74) is 0. The molecule has 128 valence electrons. The van der Waals surface area contributed by atoms with Crippen LogP contribution >= 0.6 is 11.8 Å². The smallest absolute Gasteiger partial charge is 0.305 e. The van der Waals surface area contributed by atoms with E-state index >= 15 is 0 Å². The number of nitrogens with one attached hydrogen (secondary N) is 2. The van der Waals surface area contributed by atoms with E-state index in [0.29, 0.717) is 13.0 Å². The van der Waals surface area contributed by atoms with Crippen molar-refractivity contribution in [2.24, 2.45) is 4.99 Å². The van der Waals surface area contributed by atoms with Gasteiger partial charge in [0.25, 0.3) is 0 Å². The molecule has 0 aromatic carbocycles. The number of ether oxygens (including phenoxy) is 1. The maximum Gasteiger partial charge on any atom is 0.305 e. The van der Waals surface area contributed by atoms with Crippen LogP contribution in [-0.2, 0) is 9.53 Å². The van der Waals surface area contributed by atoms with Crippen LogP contribution in [0.2, 0.25) is 0 Å². The Labute approximate surface area is 139 Å². The molecule has 6 heteroatoms. The van der Waals surface area contributed by atoms with E-state index in [4.69, 9.17) is 4.74 Å². The Morgan fingerprint density at radius 2 is 2.09 bits per heavy atom. The Morgan fingerprint density at radius 1 is 1.27 bits per heavy atom. The third-order valence-electron chi connectivity index (χ3n) is 3.65. The number of hydrogen-bond acceptors (Lipinski definition) is 4. The first-order chi connectivity index (χ1) is 10.8. The van der Waals surface area contributed by atoms with Gasteiger partial charge in [0.1, 0.15) is 0 Å². The van der Waals surface area contributed by atoms with Crippen LogP contribution in [0.25, 0.3) is 0 Å². The monoisotopic (exact) mass is 329 g/mol. The molecule has 1 aliphatic heterocycles. The summed E-state index contributed by atoms with van der Waals surface area (Å²) in [6.07, 6.45) is 7.42. The molecule has 1 saturated heterocycles. The highest BCUT2D eigenvalue weighted by molar-refractivity contribution is 8.00. The first-order valence-electron chi connectivity index (χ1n) is 8.48. The molecule has 1 rings (SSSR count). The van der Waals surface area contributed by atoms with Crippen LogP contribution in [0.3, 0.4) is 0 Å². The molecular formula is C16H31N3O2S. The molecule has 0 aromatic heterocycles. The number of aliphatic imine (C=N–C) groups is 1. The lowest BCUT2D eigenvalue weighted by molar-refractivity contribution is -0.143. The third kappa shape index (κ3) is 9.18. The second-order valence-electron chi connectivity index (χ2n) is 5.48. The first kappa shape index (κ1) is 19.1. The zero-order valence-electron chi connectivity index (χ0n) is 14.0. The van der Waals surface area contributed by atoms with Gasteiger partial charge in [0.15, 0.2) is 5.96 Å². The number of hydrogen-bond donors (Lipinski definition) is 2. The largest absolute Gasteiger partial charge is 0.466 e. The average molecular weight is 330 g/mol. The second kappa shape index (κ2) is 12.6. The van der Waals surface area contributed by atoms with Gasteiger partial charge in [0.05, 0.1) is 6.61 Å². The van der Waals surface area contributed by atoms with Gasteiger partial charge >= 0.3 is 5.97 Å². The zero-order chi connectivity index (χ0) is 16.0. The van der Waals surface area contributed by atoms with E-state index in [1.54, 1.807) is 0 Å². The number of thioether (sulfide) groups is 1. The normalized spacial score (nSPS) is 18.3. The van der Waals surface area contributed by atoms with E-state index in [1.807, 2.05) is 14.0 Å². The molecule has 1 aliphatic rings. The molecule has 0 bridgehead atoms. The van der Waals surface area contributed by atoms with Crippen molar-refractivity contribution < 1.29 is 9.53 Å². The van der Waals surface area contributed by atoms with Gasteiger partial charge in [-0.2, -0.15) is 11.8 Å². The third-order valence-corrected chi connectivity index (χ3v) is 5.05. The number of esters is 1. The summed E-state index contributed by atoms with van der Waals surface area (Å²) in [4.78, 5) is 15.4. The molecule has 1 heterocycles. The van der Waals surface area contributed by atoms with E-state index in [0.717, 1.165) is 50.0 Å². The molecule has 1 unspecified atom stereocenters. The van der Waals surface area contributed by atoms with Crippen molar-refractivity contribution in [3.8, 4) is 0 Å². The highest BCUT2D eigenvalue weighted by Gasteiger charge is 2.15. The molecule has 0 spiro atoms. The van der Waals surface area contributed by atoms with Gasteiger partial charge in [-0.3, -0.25) is 9.79 Å². The van der Waals surface area contributed by atoms with Crippen LogP contribution in [0.1, 0.15) is 51.9 Å². The predicted octanol–water partition coefficient (Wildman–Crippen LogP) is 2.56. The number of nitrogens with zero attached hydrogens (tertiary/aromatic N) is 1. The fourth-order valence-electron chi connectivity index (χ4n) is 2.42. The summed E-state index contributed by atoms with van der Waals surface area (Å²) in [6, 6.07) is 0. The molecule has 1 atom stereocenters. The topological polar surface area (TPSA) is 62.7 Å². The van der Waals surface area contributed by atoms with E-state index in [1.165, 1.54) is 18.6 Å². The summed E-state index contributed by atoms with van der Waals surface area (Å²) < 4.78 is 4.91. The summed E-state index contributed by atoms with van der Waals surface area (Å²) >= 11 is 2.05. The van der Waals surface area contributed by atoms with Crippen LogP contribution in [0.5, 0.6) is 0 Å². The molecule has 22 heavy (non-hydrogen) atoms. The van der Waals surface area contributed by atoms with Gasteiger partial charge < -0.3 is 15.4 Å². The average Bonchev–Trinajstić information content (AvgIpc) is 3.03. The zero-order valence-corrected chi connectivity index (χ0v) is 14.8. The Balaban J connectivity index is 1.94. The predicted molar refractivity (Wildman–Crippen MR) is 94.6 cm³/mol. The van der Waals surface area contributed by atoms with Crippen LogP contribution in [-0.4, -0.2) is 49.7 Å².